The van der Waals surface area contributed by atoms with Gasteiger partial charge in [-0.15, -0.1) is 0 Å². The van der Waals surface area contributed by atoms with Gasteiger partial charge in [0.05, 0.1) is 0 Å². The van der Waals surface area contributed by atoms with Crippen molar-refractivity contribution in [2.75, 3.05) is 13.2 Å². The van der Waals surface area contributed by atoms with Crippen LogP contribution in [-0.4, -0.2) is 37.2 Å². The van der Waals surface area contributed by atoms with E-state index in [9.17, 15) is 14.4 Å². The highest BCUT2D eigenvalue weighted by molar-refractivity contribution is 5.71. The monoisotopic (exact) mass is 721 g/mol. The van der Waals surface area contributed by atoms with Gasteiger partial charge in [0.25, 0.3) is 0 Å². The second-order valence-electron chi connectivity index (χ2n) is 15.0. The second kappa shape index (κ2) is 40.9. The van der Waals surface area contributed by atoms with Gasteiger partial charge >= 0.3 is 17.9 Å². The summed E-state index contributed by atoms with van der Waals surface area (Å²) in [6.45, 7) is 6.59. The maximum absolute atomic E-state index is 12.6. The highest BCUT2D eigenvalue weighted by Gasteiger charge is 2.19. The molecule has 0 amide bonds. The molecule has 0 aliphatic carbocycles. The summed E-state index contributed by atoms with van der Waals surface area (Å²) in [6.07, 6.45) is 41.9. The van der Waals surface area contributed by atoms with Crippen molar-refractivity contribution in [3.05, 3.63) is 12.2 Å². The molecule has 51 heavy (non-hydrogen) atoms. The average Bonchev–Trinajstić information content (AvgIpc) is 3.12. The van der Waals surface area contributed by atoms with E-state index in [4.69, 9.17) is 14.2 Å². The Balaban J connectivity index is 4.32. The van der Waals surface area contributed by atoms with Crippen LogP contribution in [0.1, 0.15) is 239 Å². The van der Waals surface area contributed by atoms with E-state index in [0.29, 0.717) is 19.3 Å². The van der Waals surface area contributed by atoms with Gasteiger partial charge in [-0.05, 0) is 44.9 Å². The number of carbonyl (C=O) groups is 3. The van der Waals surface area contributed by atoms with Gasteiger partial charge < -0.3 is 14.2 Å². The van der Waals surface area contributed by atoms with Crippen LogP contribution in [0.2, 0.25) is 0 Å². The van der Waals surface area contributed by atoms with Gasteiger partial charge in [-0.25, -0.2) is 0 Å². The Morgan fingerprint density at radius 2 is 0.647 bits per heavy atom. The molecule has 0 radical (unpaired) electrons. The minimum atomic E-state index is -0.763. The van der Waals surface area contributed by atoms with Crippen molar-refractivity contribution in [3.63, 3.8) is 0 Å². The molecule has 0 aliphatic heterocycles. The molecule has 0 saturated carbocycles. The van der Waals surface area contributed by atoms with Crippen LogP contribution in [0.25, 0.3) is 0 Å². The van der Waals surface area contributed by atoms with Gasteiger partial charge in [0.1, 0.15) is 13.2 Å². The van der Waals surface area contributed by atoms with Crippen molar-refractivity contribution in [3.8, 4) is 0 Å². The molecule has 1 atom stereocenters. The minimum Gasteiger partial charge on any atom is -0.462 e. The predicted molar refractivity (Wildman–Crippen MR) is 215 cm³/mol. The summed E-state index contributed by atoms with van der Waals surface area (Å²) < 4.78 is 16.6. The van der Waals surface area contributed by atoms with Crippen LogP contribution >= 0.6 is 0 Å². The average molecular weight is 721 g/mol. The van der Waals surface area contributed by atoms with E-state index < -0.39 is 6.10 Å². The van der Waals surface area contributed by atoms with E-state index in [1.54, 1.807) is 0 Å². The van der Waals surface area contributed by atoms with E-state index in [0.717, 1.165) is 64.2 Å². The summed E-state index contributed by atoms with van der Waals surface area (Å²) >= 11 is 0. The van der Waals surface area contributed by atoms with Crippen molar-refractivity contribution in [1.29, 1.82) is 0 Å². The first-order valence-corrected chi connectivity index (χ1v) is 22.2. The number of allylic oxidation sites excluding steroid dienone is 2. The van der Waals surface area contributed by atoms with E-state index in [2.05, 4.69) is 32.9 Å². The first-order valence-electron chi connectivity index (χ1n) is 22.2. The largest absolute Gasteiger partial charge is 0.462 e. The third kappa shape index (κ3) is 39.2. The van der Waals surface area contributed by atoms with Gasteiger partial charge in [0, 0.05) is 19.3 Å². The Hall–Kier alpha value is -1.85. The number of unbranched alkanes of at least 4 members (excludes halogenated alkanes) is 27. The van der Waals surface area contributed by atoms with Crippen molar-refractivity contribution in [2.45, 2.75) is 245 Å². The van der Waals surface area contributed by atoms with Crippen molar-refractivity contribution < 1.29 is 28.6 Å². The number of esters is 3. The van der Waals surface area contributed by atoms with E-state index >= 15 is 0 Å². The molecule has 1 unspecified atom stereocenters. The molecule has 0 N–H and O–H groups in total. The molecule has 0 spiro atoms. The maximum atomic E-state index is 12.6. The SMILES string of the molecule is CCCCCCC/C=C\CCCCCCCC(=O)OCC(COC(=O)CCCCCCCCCCC)OC(=O)CCCCCCCCCCCC. The van der Waals surface area contributed by atoms with Crippen molar-refractivity contribution >= 4 is 17.9 Å². The fourth-order valence-electron chi connectivity index (χ4n) is 6.38. The Labute approximate surface area is 316 Å². The zero-order valence-corrected chi connectivity index (χ0v) is 34.1. The lowest BCUT2D eigenvalue weighted by Crippen LogP contribution is -2.30. The highest BCUT2D eigenvalue weighted by atomic mass is 16.6. The standard InChI is InChI=1S/C45H84O6/c1-4-7-10-13-16-19-21-22-23-24-27-29-32-35-38-44(47)50-41-42(40-49-43(46)37-34-31-28-25-18-15-12-9-6-3)51-45(48)39-36-33-30-26-20-17-14-11-8-5-2/h21-22,42H,4-20,23-41H2,1-3H3/b22-21-. The predicted octanol–water partition coefficient (Wildman–Crippen LogP) is 13.9. The van der Waals surface area contributed by atoms with E-state index in [1.807, 2.05) is 0 Å². The molecular formula is C45H84O6. The summed E-state index contributed by atoms with van der Waals surface area (Å²) in [4.78, 5) is 37.6. The van der Waals surface area contributed by atoms with Crippen LogP contribution in [0.4, 0.5) is 0 Å². The summed E-state index contributed by atoms with van der Waals surface area (Å²) in [6, 6.07) is 0. The topological polar surface area (TPSA) is 78.9 Å². The summed E-state index contributed by atoms with van der Waals surface area (Å²) in [5, 5.41) is 0. The molecule has 0 saturated heterocycles. The van der Waals surface area contributed by atoms with Crippen LogP contribution in [0.3, 0.4) is 0 Å². The molecule has 0 rings (SSSR count). The lowest BCUT2D eigenvalue weighted by Gasteiger charge is -2.18. The molecule has 6 nitrogen and oxygen atoms in total. The number of hydrogen-bond donors (Lipinski definition) is 0. The zero-order valence-electron chi connectivity index (χ0n) is 34.1. The van der Waals surface area contributed by atoms with Crippen molar-refractivity contribution in [1.82, 2.24) is 0 Å². The molecule has 0 fully saturated rings. The normalized spacial score (nSPS) is 12.0. The van der Waals surface area contributed by atoms with E-state index in [-0.39, 0.29) is 31.1 Å². The molecule has 0 aromatic heterocycles. The first kappa shape index (κ1) is 49.1. The maximum Gasteiger partial charge on any atom is 0.306 e. The Bertz CT molecular complexity index is 794. The first-order chi connectivity index (χ1) is 25.0. The molecule has 0 aromatic carbocycles. The Kier molecular flexibility index (Phi) is 39.4. The summed E-state index contributed by atoms with van der Waals surface area (Å²) in [5.41, 5.74) is 0. The lowest BCUT2D eigenvalue weighted by atomic mass is 10.1. The van der Waals surface area contributed by atoms with Crippen LogP contribution in [0.15, 0.2) is 12.2 Å². The van der Waals surface area contributed by atoms with Gasteiger partial charge in [0.15, 0.2) is 6.10 Å². The quantitative estimate of drug-likeness (QED) is 0.0271. The van der Waals surface area contributed by atoms with Crippen LogP contribution in [0, 0.1) is 0 Å². The number of rotatable bonds is 40. The molecule has 0 bridgehead atoms. The smallest absolute Gasteiger partial charge is 0.306 e. The molecule has 0 aromatic rings. The highest BCUT2D eigenvalue weighted by Crippen LogP contribution is 2.14. The summed E-state index contributed by atoms with van der Waals surface area (Å²) in [7, 11) is 0. The van der Waals surface area contributed by atoms with Crippen LogP contribution < -0.4 is 0 Å². The third-order valence-electron chi connectivity index (χ3n) is 9.77. The van der Waals surface area contributed by atoms with Crippen LogP contribution in [-0.2, 0) is 28.6 Å². The Morgan fingerprint density at radius 1 is 0.373 bits per heavy atom. The lowest BCUT2D eigenvalue weighted by molar-refractivity contribution is -0.167. The van der Waals surface area contributed by atoms with Gasteiger partial charge in [-0.3, -0.25) is 14.4 Å². The van der Waals surface area contributed by atoms with Gasteiger partial charge in [0.2, 0.25) is 0 Å². The number of ether oxygens (including phenoxy) is 3. The van der Waals surface area contributed by atoms with Crippen LogP contribution in [0.5, 0.6) is 0 Å². The van der Waals surface area contributed by atoms with Gasteiger partial charge in [-0.2, -0.15) is 0 Å². The molecule has 6 heteroatoms. The summed E-state index contributed by atoms with van der Waals surface area (Å²) in [5.74, 6) is -0.876. The minimum absolute atomic E-state index is 0.0688. The second-order valence-corrected chi connectivity index (χ2v) is 15.0. The molecule has 300 valence electrons. The third-order valence-corrected chi connectivity index (χ3v) is 9.77. The molecule has 0 aliphatic rings. The number of carbonyl (C=O) groups excluding carboxylic acids is 3. The Morgan fingerprint density at radius 3 is 0.980 bits per heavy atom. The van der Waals surface area contributed by atoms with Crippen molar-refractivity contribution in [2.24, 2.45) is 0 Å². The van der Waals surface area contributed by atoms with E-state index in [1.165, 1.54) is 135 Å². The number of hydrogen-bond acceptors (Lipinski definition) is 6. The fraction of sp³-hybridized carbons (Fsp3) is 0.889. The zero-order chi connectivity index (χ0) is 37.3. The molecule has 0 heterocycles. The molecular weight excluding hydrogens is 636 g/mol. The fourth-order valence-corrected chi connectivity index (χ4v) is 6.38. The van der Waals surface area contributed by atoms with Gasteiger partial charge in [-0.1, -0.05) is 187 Å².